The van der Waals surface area contributed by atoms with Crippen molar-refractivity contribution in [2.75, 3.05) is 39.2 Å². The molecule has 0 spiro atoms. The molecule has 0 bridgehead atoms. The van der Waals surface area contributed by atoms with Crippen LogP contribution in [0.25, 0.3) is 11.4 Å². The zero-order valence-corrected chi connectivity index (χ0v) is 19.9. The normalized spacial score (nSPS) is 13.0. The summed E-state index contributed by atoms with van der Waals surface area (Å²) in [7, 11) is 3.14. The number of nitrogens with zero attached hydrogens (tertiary/aromatic N) is 3. The largest absolute Gasteiger partial charge is 0.493 e. The van der Waals surface area contributed by atoms with E-state index < -0.39 is 0 Å². The second-order valence-electron chi connectivity index (χ2n) is 8.11. The summed E-state index contributed by atoms with van der Waals surface area (Å²) in [5, 5.41) is 6.15. The fourth-order valence-electron chi connectivity index (χ4n) is 3.93. The molecule has 4 rings (SSSR count). The number of rotatable bonds is 10. The first-order valence-corrected chi connectivity index (χ1v) is 11.6. The van der Waals surface area contributed by atoms with Gasteiger partial charge >= 0.3 is 0 Å². The highest BCUT2D eigenvalue weighted by atomic mass is 16.5. The SMILES string of the molecule is COc1ccc(Nc2nc(-c3ccccc3)ncc2C(=O)NCCCN2CCCC2=O)cc1OC. The lowest BCUT2D eigenvalue weighted by molar-refractivity contribution is -0.127. The van der Waals surface area contributed by atoms with Gasteiger partial charge in [-0.3, -0.25) is 9.59 Å². The third kappa shape index (κ3) is 5.87. The quantitative estimate of drug-likeness (QED) is 0.431. The van der Waals surface area contributed by atoms with Crippen molar-refractivity contribution in [1.82, 2.24) is 20.2 Å². The molecule has 1 fully saturated rings. The summed E-state index contributed by atoms with van der Waals surface area (Å²) in [6.07, 6.45) is 3.72. The topological polar surface area (TPSA) is 106 Å². The van der Waals surface area contributed by atoms with Crippen LogP contribution in [0.15, 0.2) is 54.7 Å². The van der Waals surface area contributed by atoms with Crippen LogP contribution in [0.5, 0.6) is 11.5 Å². The Hall–Kier alpha value is -4.14. The molecule has 9 nitrogen and oxygen atoms in total. The average Bonchev–Trinajstić information content (AvgIpc) is 3.31. The van der Waals surface area contributed by atoms with Gasteiger partial charge < -0.3 is 25.0 Å². The molecule has 0 unspecified atom stereocenters. The zero-order chi connectivity index (χ0) is 24.6. The number of hydrogen-bond donors (Lipinski definition) is 2. The smallest absolute Gasteiger partial charge is 0.256 e. The summed E-state index contributed by atoms with van der Waals surface area (Å²) in [6, 6.07) is 14.9. The predicted octanol–water partition coefficient (Wildman–Crippen LogP) is 3.65. The van der Waals surface area contributed by atoms with Gasteiger partial charge in [0.2, 0.25) is 5.91 Å². The standard InChI is InChI=1S/C26H29N5O4/c1-34-21-12-11-19(16-22(21)35-2)29-25-20(17-28-24(30-25)18-8-4-3-5-9-18)26(33)27-13-7-15-31-14-6-10-23(31)32/h3-5,8-9,11-12,16-17H,6-7,10,13-15H2,1-2H3,(H,27,33)(H,28,29,30). The van der Waals surface area contributed by atoms with Crippen molar-refractivity contribution in [2.24, 2.45) is 0 Å². The summed E-state index contributed by atoms with van der Waals surface area (Å²) in [5.74, 6) is 1.91. The molecule has 0 saturated carbocycles. The Labute approximate surface area is 204 Å². The van der Waals surface area contributed by atoms with Crippen LogP contribution < -0.4 is 20.1 Å². The second kappa shape index (κ2) is 11.3. The Balaban J connectivity index is 1.53. The van der Waals surface area contributed by atoms with Crippen molar-refractivity contribution in [2.45, 2.75) is 19.3 Å². The van der Waals surface area contributed by atoms with Crippen LogP contribution in [-0.2, 0) is 4.79 Å². The Morgan fingerprint density at radius 2 is 1.89 bits per heavy atom. The second-order valence-corrected chi connectivity index (χ2v) is 8.11. The number of carbonyl (C=O) groups excluding carboxylic acids is 2. The highest BCUT2D eigenvalue weighted by molar-refractivity contribution is 5.99. The van der Waals surface area contributed by atoms with E-state index in [1.54, 1.807) is 26.4 Å². The number of anilines is 2. The first-order chi connectivity index (χ1) is 17.1. The van der Waals surface area contributed by atoms with Crippen LogP contribution in [0.2, 0.25) is 0 Å². The van der Waals surface area contributed by atoms with Crippen molar-refractivity contribution < 1.29 is 19.1 Å². The molecule has 1 aromatic heterocycles. The molecule has 2 heterocycles. The summed E-state index contributed by atoms with van der Waals surface area (Å²) in [6.45, 7) is 1.87. The molecule has 0 atom stereocenters. The van der Waals surface area contributed by atoms with E-state index in [1.165, 1.54) is 6.20 Å². The summed E-state index contributed by atoms with van der Waals surface area (Å²) in [4.78, 5) is 35.7. The lowest BCUT2D eigenvalue weighted by atomic mass is 10.2. The Bertz CT molecular complexity index is 1190. The molecule has 1 aliphatic heterocycles. The molecule has 1 aliphatic rings. The molecule has 182 valence electrons. The zero-order valence-electron chi connectivity index (χ0n) is 19.9. The third-order valence-corrected chi connectivity index (χ3v) is 5.77. The van der Waals surface area contributed by atoms with E-state index in [0.29, 0.717) is 60.3 Å². The van der Waals surface area contributed by atoms with Crippen LogP contribution in [0.4, 0.5) is 11.5 Å². The fourth-order valence-corrected chi connectivity index (χ4v) is 3.93. The van der Waals surface area contributed by atoms with Gasteiger partial charge in [0.1, 0.15) is 11.4 Å². The van der Waals surface area contributed by atoms with E-state index in [-0.39, 0.29) is 11.8 Å². The number of methoxy groups -OCH3 is 2. The molecule has 0 aliphatic carbocycles. The van der Waals surface area contributed by atoms with Crippen molar-refractivity contribution in [3.05, 3.63) is 60.3 Å². The number of aromatic nitrogens is 2. The maximum absolute atomic E-state index is 13.0. The molecule has 1 saturated heterocycles. The van der Waals surface area contributed by atoms with Gasteiger partial charge in [-0.25, -0.2) is 9.97 Å². The molecule has 2 aromatic carbocycles. The molecule has 9 heteroatoms. The highest BCUT2D eigenvalue weighted by Gasteiger charge is 2.20. The van der Waals surface area contributed by atoms with E-state index in [0.717, 1.165) is 18.5 Å². The monoisotopic (exact) mass is 475 g/mol. The molecular weight excluding hydrogens is 446 g/mol. The van der Waals surface area contributed by atoms with Crippen LogP contribution in [0.1, 0.15) is 29.6 Å². The Morgan fingerprint density at radius 1 is 1.09 bits per heavy atom. The van der Waals surface area contributed by atoms with Crippen molar-refractivity contribution in [3.8, 4) is 22.9 Å². The number of nitrogens with one attached hydrogen (secondary N) is 2. The van der Waals surface area contributed by atoms with Crippen LogP contribution >= 0.6 is 0 Å². The summed E-state index contributed by atoms with van der Waals surface area (Å²) < 4.78 is 10.7. The minimum absolute atomic E-state index is 0.183. The number of amides is 2. The van der Waals surface area contributed by atoms with Crippen LogP contribution in [-0.4, -0.2) is 60.5 Å². The average molecular weight is 476 g/mol. The van der Waals surface area contributed by atoms with Crippen molar-refractivity contribution >= 4 is 23.3 Å². The van der Waals surface area contributed by atoms with E-state index in [4.69, 9.17) is 9.47 Å². The molecule has 0 radical (unpaired) electrons. The maximum Gasteiger partial charge on any atom is 0.256 e. The van der Waals surface area contributed by atoms with Gasteiger partial charge in [0.15, 0.2) is 17.3 Å². The minimum Gasteiger partial charge on any atom is -0.493 e. The minimum atomic E-state index is -0.291. The van der Waals surface area contributed by atoms with E-state index in [9.17, 15) is 9.59 Å². The fraction of sp³-hybridized carbons (Fsp3) is 0.308. The van der Waals surface area contributed by atoms with Gasteiger partial charge in [0.05, 0.1) is 14.2 Å². The van der Waals surface area contributed by atoms with Gasteiger partial charge in [-0.05, 0) is 25.0 Å². The van der Waals surface area contributed by atoms with Gasteiger partial charge in [0.25, 0.3) is 5.91 Å². The molecule has 2 N–H and O–H groups in total. The van der Waals surface area contributed by atoms with Crippen LogP contribution in [0.3, 0.4) is 0 Å². The molecular formula is C26H29N5O4. The molecule has 2 amide bonds. The lowest BCUT2D eigenvalue weighted by Crippen LogP contribution is -2.31. The number of benzene rings is 2. The summed E-state index contributed by atoms with van der Waals surface area (Å²) in [5.41, 5.74) is 1.84. The van der Waals surface area contributed by atoms with Gasteiger partial charge in [-0.1, -0.05) is 30.3 Å². The Morgan fingerprint density at radius 3 is 2.60 bits per heavy atom. The van der Waals surface area contributed by atoms with Gasteiger partial charge in [-0.15, -0.1) is 0 Å². The van der Waals surface area contributed by atoms with E-state index >= 15 is 0 Å². The molecule has 35 heavy (non-hydrogen) atoms. The number of ether oxygens (including phenoxy) is 2. The van der Waals surface area contributed by atoms with Crippen LogP contribution in [0, 0.1) is 0 Å². The number of hydrogen-bond acceptors (Lipinski definition) is 7. The predicted molar refractivity (Wildman–Crippen MR) is 133 cm³/mol. The number of carbonyl (C=O) groups is 2. The van der Waals surface area contributed by atoms with Gasteiger partial charge in [0, 0.05) is 49.6 Å². The van der Waals surface area contributed by atoms with E-state index in [1.807, 2.05) is 41.3 Å². The summed E-state index contributed by atoms with van der Waals surface area (Å²) >= 11 is 0. The van der Waals surface area contributed by atoms with Crippen molar-refractivity contribution in [1.29, 1.82) is 0 Å². The first-order valence-electron chi connectivity index (χ1n) is 11.6. The lowest BCUT2D eigenvalue weighted by Gasteiger charge is -2.16. The molecule has 3 aromatic rings. The third-order valence-electron chi connectivity index (χ3n) is 5.77. The van der Waals surface area contributed by atoms with E-state index in [2.05, 4.69) is 20.6 Å². The maximum atomic E-state index is 13.0. The number of likely N-dealkylation sites (tertiary alicyclic amines) is 1. The first kappa shape index (κ1) is 24.0. The highest BCUT2D eigenvalue weighted by Crippen LogP contribution is 2.31. The van der Waals surface area contributed by atoms with Crippen molar-refractivity contribution in [3.63, 3.8) is 0 Å². The van der Waals surface area contributed by atoms with Gasteiger partial charge in [-0.2, -0.15) is 0 Å². The Kier molecular flexibility index (Phi) is 7.77.